The number of furan rings is 1. The molecule has 10 aromatic rings. The van der Waals surface area contributed by atoms with Crippen molar-refractivity contribution >= 4 is 21.9 Å². The Hall–Kier alpha value is -7.36. The Morgan fingerprint density at radius 3 is 1.49 bits per heavy atom. The van der Waals surface area contributed by atoms with Gasteiger partial charge >= 0.3 is 0 Å². The molecule has 55 heavy (non-hydrogen) atoms. The van der Waals surface area contributed by atoms with Crippen LogP contribution in [0.3, 0.4) is 0 Å². The van der Waals surface area contributed by atoms with E-state index >= 15 is 0 Å². The molecule has 0 fully saturated rings. The van der Waals surface area contributed by atoms with Crippen molar-refractivity contribution in [3.05, 3.63) is 206 Å². The second-order valence-corrected chi connectivity index (χ2v) is 13.8. The van der Waals surface area contributed by atoms with Crippen molar-refractivity contribution in [1.29, 1.82) is 0 Å². The molecular formula is C52H34N2O. The van der Waals surface area contributed by atoms with Crippen LogP contribution in [-0.4, -0.2) is 9.97 Å². The van der Waals surface area contributed by atoms with Crippen LogP contribution < -0.4 is 0 Å². The lowest BCUT2D eigenvalue weighted by molar-refractivity contribution is 0.669. The molecule has 10 rings (SSSR count). The van der Waals surface area contributed by atoms with Crippen LogP contribution in [0.4, 0.5) is 0 Å². The van der Waals surface area contributed by atoms with Gasteiger partial charge in [0.25, 0.3) is 0 Å². The number of para-hydroxylation sites is 1. The van der Waals surface area contributed by atoms with Gasteiger partial charge in [-0.25, -0.2) is 9.97 Å². The van der Waals surface area contributed by atoms with Crippen molar-refractivity contribution < 1.29 is 4.42 Å². The lowest BCUT2D eigenvalue weighted by atomic mass is 9.92. The lowest BCUT2D eigenvalue weighted by Crippen LogP contribution is -1.98. The zero-order valence-electron chi connectivity index (χ0n) is 29.9. The monoisotopic (exact) mass is 702 g/mol. The van der Waals surface area contributed by atoms with Crippen molar-refractivity contribution in [2.45, 2.75) is 0 Å². The van der Waals surface area contributed by atoms with Gasteiger partial charge < -0.3 is 4.42 Å². The van der Waals surface area contributed by atoms with E-state index in [1.807, 2.05) is 24.3 Å². The Balaban J connectivity index is 1.20. The topological polar surface area (TPSA) is 38.9 Å². The van der Waals surface area contributed by atoms with Gasteiger partial charge in [0.05, 0.1) is 11.4 Å². The van der Waals surface area contributed by atoms with Crippen molar-refractivity contribution in [3.8, 4) is 78.4 Å². The highest BCUT2D eigenvalue weighted by atomic mass is 16.3. The van der Waals surface area contributed by atoms with Crippen LogP contribution in [0, 0.1) is 0 Å². The summed E-state index contributed by atoms with van der Waals surface area (Å²) in [6.45, 7) is 0. The van der Waals surface area contributed by atoms with Gasteiger partial charge in [0.15, 0.2) is 5.82 Å². The summed E-state index contributed by atoms with van der Waals surface area (Å²) in [5, 5.41) is 2.20. The fraction of sp³-hybridized carbons (Fsp3) is 0. The van der Waals surface area contributed by atoms with Crippen LogP contribution >= 0.6 is 0 Å². The summed E-state index contributed by atoms with van der Waals surface area (Å²) in [6, 6.07) is 72.3. The Kier molecular flexibility index (Phi) is 8.16. The number of nitrogens with zero attached hydrogens (tertiary/aromatic N) is 2. The molecule has 0 unspecified atom stereocenters. The molecule has 0 saturated carbocycles. The first-order chi connectivity index (χ1) is 27.2. The number of benzene rings is 8. The van der Waals surface area contributed by atoms with Crippen molar-refractivity contribution in [2.75, 3.05) is 0 Å². The number of hydrogen-bond acceptors (Lipinski definition) is 3. The molecule has 0 aliphatic heterocycles. The van der Waals surface area contributed by atoms with Gasteiger partial charge in [-0.3, -0.25) is 0 Å². The fourth-order valence-corrected chi connectivity index (χ4v) is 7.54. The Bertz CT molecular complexity index is 2970. The maximum absolute atomic E-state index is 6.22. The first kappa shape index (κ1) is 32.3. The normalized spacial score (nSPS) is 11.3. The van der Waals surface area contributed by atoms with Crippen molar-refractivity contribution in [3.63, 3.8) is 0 Å². The standard InChI is InChI=1S/C52H34N2O/c1-4-15-35(16-5-1)38-21-14-22-39(29-38)41-30-42(40-27-28-51-47(33-40)45-24-12-13-26-50(45)55-51)32-43(31-41)49-34-48(37-19-8-3-9-20-37)53-52(54-49)46-25-11-10-23-44(46)36-17-6-2-7-18-36/h1-34H. The SMILES string of the molecule is c1ccc(-c2cccc(-c3cc(-c4ccc5oc6ccccc6c5c4)cc(-c4cc(-c5ccccc5)nc(-c5ccccc5-c5ccccc5)n4)c3)c2)cc1. The van der Waals surface area contributed by atoms with Crippen LogP contribution in [0.25, 0.3) is 100 Å². The highest BCUT2D eigenvalue weighted by molar-refractivity contribution is 6.06. The lowest BCUT2D eigenvalue weighted by Gasteiger charge is -2.15. The van der Waals surface area contributed by atoms with E-state index in [1.54, 1.807) is 0 Å². The van der Waals surface area contributed by atoms with Gasteiger partial charge in [-0.2, -0.15) is 0 Å². The van der Waals surface area contributed by atoms with E-state index in [2.05, 4.69) is 182 Å². The Morgan fingerprint density at radius 2 is 0.764 bits per heavy atom. The molecule has 3 heteroatoms. The average Bonchev–Trinajstić information content (AvgIpc) is 3.65. The predicted molar refractivity (Wildman–Crippen MR) is 227 cm³/mol. The molecule has 0 amide bonds. The minimum absolute atomic E-state index is 0.681. The molecule has 3 nitrogen and oxygen atoms in total. The first-order valence-corrected chi connectivity index (χ1v) is 18.6. The Morgan fingerprint density at radius 1 is 0.273 bits per heavy atom. The number of fused-ring (bicyclic) bond motifs is 3. The first-order valence-electron chi connectivity index (χ1n) is 18.6. The molecule has 0 saturated heterocycles. The van der Waals surface area contributed by atoms with Gasteiger partial charge in [-0.15, -0.1) is 0 Å². The smallest absolute Gasteiger partial charge is 0.161 e. The summed E-state index contributed by atoms with van der Waals surface area (Å²) in [6.07, 6.45) is 0. The molecule has 0 atom stereocenters. The van der Waals surface area contributed by atoms with E-state index in [0.29, 0.717) is 5.82 Å². The highest BCUT2D eigenvalue weighted by Gasteiger charge is 2.17. The summed E-state index contributed by atoms with van der Waals surface area (Å²) in [4.78, 5) is 10.6. The van der Waals surface area contributed by atoms with E-state index in [0.717, 1.165) is 83.4 Å². The van der Waals surface area contributed by atoms with Gasteiger partial charge in [-0.1, -0.05) is 158 Å². The molecule has 0 aliphatic carbocycles. The van der Waals surface area contributed by atoms with Crippen LogP contribution in [0.2, 0.25) is 0 Å². The molecule has 2 heterocycles. The molecule has 2 aromatic heterocycles. The van der Waals surface area contributed by atoms with Gasteiger partial charge in [0.2, 0.25) is 0 Å². The summed E-state index contributed by atoms with van der Waals surface area (Å²) in [7, 11) is 0. The van der Waals surface area contributed by atoms with Gasteiger partial charge in [0.1, 0.15) is 11.2 Å². The summed E-state index contributed by atoms with van der Waals surface area (Å²) in [5.74, 6) is 0.681. The van der Waals surface area contributed by atoms with E-state index in [-0.39, 0.29) is 0 Å². The minimum atomic E-state index is 0.681. The molecule has 0 bridgehead atoms. The molecular weight excluding hydrogens is 669 g/mol. The van der Waals surface area contributed by atoms with Crippen LogP contribution in [0.5, 0.6) is 0 Å². The van der Waals surface area contributed by atoms with Crippen LogP contribution in [-0.2, 0) is 0 Å². The number of rotatable bonds is 7. The zero-order chi connectivity index (χ0) is 36.6. The molecule has 0 aliphatic rings. The third kappa shape index (κ3) is 6.28. The maximum Gasteiger partial charge on any atom is 0.161 e. The van der Waals surface area contributed by atoms with E-state index in [1.165, 1.54) is 11.1 Å². The third-order valence-electron chi connectivity index (χ3n) is 10.3. The summed E-state index contributed by atoms with van der Waals surface area (Å²) < 4.78 is 6.22. The molecule has 8 aromatic carbocycles. The molecule has 0 spiro atoms. The average molecular weight is 703 g/mol. The van der Waals surface area contributed by atoms with Crippen molar-refractivity contribution in [2.24, 2.45) is 0 Å². The van der Waals surface area contributed by atoms with Crippen molar-refractivity contribution in [1.82, 2.24) is 9.97 Å². The van der Waals surface area contributed by atoms with E-state index in [4.69, 9.17) is 14.4 Å². The number of hydrogen-bond donors (Lipinski definition) is 0. The summed E-state index contributed by atoms with van der Waals surface area (Å²) >= 11 is 0. The number of aromatic nitrogens is 2. The van der Waals surface area contributed by atoms with Gasteiger partial charge in [-0.05, 0) is 93.0 Å². The van der Waals surface area contributed by atoms with Crippen LogP contribution in [0.15, 0.2) is 211 Å². The molecule has 0 radical (unpaired) electrons. The van der Waals surface area contributed by atoms with Gasteiger partial charge in [0, 0.05) is 27.5 Å². The Labute approximate surface area is 319 Å². The molecule has 0 N–H and O–H groups in total. The van der Waals surface area contributed by atoms with E-state index < -0.39 is 0 Å². The maximum atomic E-state index is 6.22. The third-order valence-corrected chi connectivity index (χ3v) is 10.3. The molecule has 258 valence electrons. The largest absolute Gasteiger partial charge is 0.456 e. The second kappa shape index (κ2) is 13.9. The van der Waals surface area contributed by atoms with Crippen LogP contribution in [0.1, 0.15) is 0 Å². The fourth-order valence-electron chi connectivity index (χ4n) is 7.54. The quantitative estimate of drug-likeness (QED) is 0.166. The summed E-state index contributed by atoms with van der Waals surface area (Å²) in [5.41, 5.74) is 15.5. The van der Waals surface area contributed by atoms with E-state index in [9.17, 15) is 0 Å². The zero-order valence-corrected chi connectivity index (χ0v) is 29.9. The highest BCUT2D eigenvalue weighted by Crippen LogP contribution is 2.39. The minimum Gasteiger partial charge on any atom is -0.456 e. The predicted octanol–water partition coefficient (Wildman–Crippen LogP) is 14.0. The second-order valence-electron chi connectivity index (χ2n) is 13.8.